The third-order valence-corrected chi connectivity index (χ3v) is 2.93. The molecule has 0 aliphatic carbocycles. The molecule has 4 heteroatoms. The fourth-order valence-corrected chi connectivity index (χ4v) is 1.93. The van der Waals surface area contributed by atoms with Gasteiger partial charge in [0.25, 0.3) is 0 Å². The molecule has 0 heterocycles. The number of carbonyl (C=O) groups excluding carboxylic acids is 1. The first kappa shape index (κ1) is 15.5. The molecule has 1 N–H and O–H groups in total. The van der Waals surface area contributed by atoms with Crippen LogP contribution in [0.5, 0.6) is 0 Å². The number of nitrogens with zero attached hydrogens (tertiary/aromatic N) is 2. The predicted molar refractivity (Wildman–Crippen MR) is 80.8 cm³/mol. The van der Waals surface area contributed by atoms with E-state index in [2.05, 4.69) is 10.2 Å². The van der Waals surface area contributed by atoms with Crippen LogP contribution in [0.15, 0.2) is 24.3 Å². The summed E-state index contributed by atoms with van der Waals surface area (Å²) in [5.41, 5.74) is 2.11. The van der Waals surface area contributed by atoms with Crippen LogP contribution >= 0.6 is 0 Å². The quantitative estimate of drug-likeness (QED) is 0.800. The van der Waals surface area contributed by atoms with E-state index in [1.54, 1.807) is 4.90 Å². The molecule has 0 saturated heterocycles. The first-order valence-corrected chi connectivity index (χ1v) is 6.81. The molecule has 0 bridgehead atoms. The lowest BCUT2D eigenvalue weighted by Crippen LogP contribution is -2.40. The molecule has 19 heavy (non-hydrogen) atoms. The van der Waals surface area contributed by atoms with Crippen molar-refractivity contribution in [1.29, 1.82) is 0 Å². The smallest absolute Gasteiger partial charge is 0.321 e. The lowest BCUT2D eigenvalue weighted by atomic mass is 10.2. The maximum atomic E-state index is 12.1. The van der Waals surface area contributed by atoms with Gasteiger partial charge in [-0.2, -0.15) is 0 Å². The van der Waals surface area contributed by atoms with E-state index in [1.165, 1.54) is 0 Å². The number of hydrogen-bond donors (Lipinski definition) is 1. The summed E-state index contributed by atoms with van der Waals surface area (Å²) in [5.74, 6) is 0. The van der Waals surface area contributed by atoms with E-state index in [1.807, 2.05) is 52.2 Å². The van der Waals surface area contributed by atoms with E-state index < -0.39 is 0 Å². The molecule has 0 spiro atoms. The van der Waals surface area contributed by atoms with Gasteiger partial charge in [-0.05, 0) is 58.6 Å². The minimum atomic E-state index is -0.0214. The summed E-state index contributed by atoms with van der Waals surface area (Å²) < 4.78 is 0. The number of urea groups is 1. The molecule has 0 radical (unpaired) electrons. The number of benzene rings is 1. The van der Waals surface area contributed by atoms with Gasteiger partial charge in [0.15, 0.2) is 0 Å². The van der Waals surface area contributed by atoms with Gasteiger partial charge < -0.3 is 10.2 Å². The SMILES string of the molecule is CCN(C(=O)NCCCN(C)C)c1cccc(C)c1. The summed E-state index contributed by atoms with van der Waals surface area (Å²) in [5, 5.41) is 2.97. The van der Waals surface area contributed by atoms with Crippen molar-refractivity contribution in [2.24, 2.45) is 0 Å². The molecule has 106 valence electrons. The van der Waals surface area contributed by atoms with Gasteiger partial charge in [0.1, 0.15) is 0 Å². The average molecular weight is 263 g/mol. The second-order valence-corrected chi connectivity index (χ2v) is 4.97. The second-order valence-electron chi connectivity index (χ2n) is 4.97. The van der Waals surface area contributed by atoms with E-state index in [-0.39, 0.29) is 6.03 Å². The number of rotatable bonds is 6. The Morgan fingerprint density at radius 1 is 1.32 bits per heavy atom. The molecule has 2 amide bonds. The van der Waals surface area contributed by atoms with Gasteiger partial charge in [0.05, 0.1) is 0 Å². The summed E-state index contributed by atoms with van der Waals surface area (Å²) in [6.07, 6.45) is 0.962. The van der Waals surface area contributed by atoms with Gasteiger partial charge in [-0.1, -0.05) is 12.1 Å². The fourth-order valence-electron chi connectivity index (χ4n) is 1.93. The Bertz CT molecular complexity index is 404. The molecule has 0 saturated carbocycles. The van der Waals surface area contributed by atoms with Crippen molar-refractivity contribution in [1.82, 2.24) is 10.2 Å². The van der Waals surface area contributed by atoms with Crippen LogP contribution < -0.4 is 10.2 Å². The van der Waals surface area contributed by atoms with Crippen molar-refractivity contribution in [3.8, 4) is 0 Å². The van der Waals surface area contributed by atoms with Gasteiger partial charge in [0, 0.05) is 18.8 Å². The number of carbonyl (C=O) groups is 1. The predicted octanol–water partition coefficient (Wildman–Crippen LogP) is 2.48. The highest BCUT2D eigenvalue weighted by molar-refractivity contribution is 5.91. The topological polar surface area (TPSA) is 35.6 Å². The molecule has 0 aliphatic heterocycles. The molecule has 0 atom stereocenters. The zero-order valence-corrected chi connectivity index (χ0v) is 12.4. The first-order chi connectivity index (χ1) is 9.04. The third kappa shape index (κ3) is 5.30. The van der Waals surface area contributed by atoms with E-state index in [0.29, 0.717) is 13.1 Å². The highest BCUT2D eigenvalue weighted by Crippen LogP contribution is 2.15. The summed E-state index contributed by atoms with van der Waals surface area (Å²) in [6.45, 7) is 6.38. The van der Waals surface area contributed by atoms with Crippen LogP contribution in [0.4, 0.5) is 10.5 Å². The van der Waals surface area contributed by atoms with Crippen molar-refractivity contribution in [3.05, 3.63) is 29.8 Å². The van der Waals surface area contributed by atoms with Crippen LogP contribution in [0.1, 0.15) is 18.9 Å². The number of amides is 2. The van der Waals surface area contributed by atoms with Gasteiger partial charge in [-0.3, -0.25) is 4.90 Å². The Balaban J connectivity index is 2.52. The normalized spacial score (nSPS) is 10.6. The van der Waals surface area contributed by atoms with Crippen molar-refractivity contribution >= 4 is 11.7 Å². The molecule has 0 aliphatic rings. The van der Waals surface area contributed by atoms with Crippen LogP contribution in [-0.4, -0.2) is 44.7 Å². The molecule has 0 unspecified atom stereocenters. The fraction of sp³-hybridized carbons (Fsp3) is 0.533. The number of aryl methyl sites for hydroxylation is 1. The Labute approximate surface area is 116 Å². The highest BCUT2D eigenvalue weighted by Gasteiger charge is 2.12. The molecular formula is C15H25N3O. The Hall–Kier alpha value is -1.55. The zero-order chi connectivity index (χ0) is 14.3. The van der Waals surface area contributed by atoms with Crippen molar-refractivity contribution in [2.45, 2.75) is 20.3 Å². The highest BCUT2D eigenvalue weighted by atomic mass is 16.2. The molecule has 1 aromatic rings. The lowest BCUT2D eigenvalue weighted by Gasteiger charge is -2.22. The standard InChI is InChI=1S/C15H25N3O/c1-5-18(14-9-6-8-13(2)12-14)15(19)16-10-7-11-17(3)4/h6,8-9,12H,5,7,10-11H2,1-4H3,(H,16,19). The van der Waals surface area contributed by atoms with Crippen molar-refractivity contribution < 1.29 is 4.79 Å². The van der Waals surface area contributed by atoms with Crippen LogP contribution in [0, 0.1) is 6.92 Å². The molecular weight excluding hydrogens is 238 g/mol. The Morgan fingerprint density at radius 2 is 2.05 bits per heavy atom. The summed E-state index contributed by atoms with van der Waals surface area (Å²) in [7, 11) is 4.07. The molecule has 0 aromatic heterocycles. The van der Waals surface area contributed by atoms with Crippen LogP contribution in [-0.2, 0) is 0 Å². The Kier molecular flexibility index (Phi) is 6.36. The summed E-state index contributed by atoms with van der Waals surface area (Å²) in [4.78, 5) is 16.0. The van der Waals surface area contributed by atoms with Gasteiger partial charge >= 0.3 is 6.03 Å². The zero-order valence-electron chi connectivity index (χ0n) is 12.4. The minimum absolute atomic E-state index is 0.0214. The number of nitrogens with one attached hydrogen (secondary N) is 1. The molecule has 1 rings (SSSR count). The van der Waals surface area contributed by atoms with E-state index in [4.69, 9.17) is 0 Å². The van der Waals surface area contributed by atoms with Crippen molar-refractivity contribution in [3.63, 3.8) is 0 Å². The molecule has 1 aromatic carbocycles. The maximum absolute atomic E-state index is 12.1. The maximum Gasteiger partial charge on any atom is 0.321 e. The van der Waals surface area contributed by atoms with E-state index >= 15 is 0 Å². The number of anilines is 1. The van der Waals surface area contributed by atoms with Crippen LogP contribution in [0.3, 0.4) is 0 Å². The van der Waals surface area contributed by atoms with Gasteiger partial charge in [0.2, 0.25) is 0 Å². The largest absolute Gasteiger partial charge is 0.338 e. The van der Waals surface area contributed by atoms with Gasteiger partial charge in [-0.15, -0.1) is 0 Å². The van der Waals surface area contributed by atoms with Crippen LogP contribution in [0.2, 0.25) is 0 Å². The van der Waals surface area contributed by atoms with Gasteiger partial charge in [-0.25, -0.2) is 4.79 Å². The summed E-state index contributed by atoms with van der Waals surface area (Å²) >= 11 is 0. The minimum Gasteiger partial charge on any atom is -0.338 e. The van der Waals surface area contributed by atoms with E-state index in [0.717, 1.165) is 24.2 Å². The van der Waals surface area contributed by atoms with Crippen molar-refractivity contribution in [2.75, 3.05) is 38.6 Å². The monoisotopic (exact) mass is 263 g/mol. The molecule has 4 nitrogen and oxygen atoms in total. The first-order valence-electron chi connectivity index (χ1n) is 6.81. The summed E-state index contributed by atoms with van der Waals surface area (Å²) in [6, 6.07) is 7.99. The lowest BCUT2D eigenvalue weighted by molar-refractivity contribution is 0.246. The Morgan fingerprint density at radius 3 is 2.63 bits per heavy atom. The second kappa shape index (κ2) is 7.79. The molecule has 0 fully saturated rings. The van der Waals surface area contributed by atoms with E-state index in [9.17, 15) is 4.79 Å². The third-order valence-electron chi connectivity index (χ3n) is 2.93. The average Bonchev–Trinajstić information content (AvgIpc) is 2.35. The number of hydrogen-bond acceptors (Lipinski definition) is 2. The van der Waals surface area contributed by atoms with Crippen LogP contribution in [0.25, 0.3) is 0 Å².